The van der Waals surface area contributed by atoms with Gasteiger partial charge in [0.2, 0.25) is 0 Å². The van der Waals surface area contributed by atoms with Gasteiger partial charge in [0.1, 0.15) is 4.90 Å². The zero-order valence-electron chi connectivity index (χ0n) is 18.6. The van der Waals surface area contributed by atoms with Crippen LogP contribution in [-0.2, 0) is 21.5 Å². The van der Waals surface area contributed by atoms with Crippen LogP contribution < -0.4 is 16.2 Å². The number of hydrogen-bond acceptors (Lipinski definition) is 7. The quantitative estimate of drug-likeness (QED) is 0.161. The minimum Gasteiger partial charge on any atom is -0.397 e. The molecule has 0 radical (unpaired) electrons. The number of benzene rings is 3. The number of rotatable bonds is 6. The summed E-state index contributed by atoms with van der Waals surface area (Å²) >= 11 is 0. The van der Waals surface area contributed by atoms with Gasteiger partial charge in [-0.2, -0.15) is 8.42 Å². The molecule has 0 saturated heterocycles. The maximum atomic E-state index is 13.6. The Morgan fingerprint density at radius 1 is 1.06 bits per heavy atom. The van der Waals surface area contributed by atoms with Crippen LogP contribution in [0.3, 0.4) is 0 Å². The lowest BCUT2D eigenvalue weighted by Crippen LogP contribution is -2.42. The van der Waals surface area contributed by atoms with Crippen LogP contribution >= 0.6 is 0 Å². The highest BCUT2D eigenvalue weighted by Crippen LogP contribution is 2.40. The van der Waals surface area contributed by atoms with Crippen LogP contribution in [0, 0.1) is 6.92 Å². The molecule has 1 aliphatic carbocycles. The number of amides is 1. The molecular weight excluding hydrogens is 470 g/mol. The van der Waals surface area contributed by atoms with Crippen molar-refractivity contribution in [3.05, 3.63) is 101 Å². The molecule has 3 aromatic carbocycles. The molecule has 1 aliphatic rings. The lowest BCUT2D eigenvalue weighted by Gasteiger charge is -2.30. The molecule has 9 nitrogen and oxygen atoms in total. The number of hydrogen-bond donors (Lipinski definition) is 3. The Labute approximate surface area is 201 Å². The molecule has 0 spiro atoms. The molecule has 1 amide bonds. The van der Waals surface area contributed by atoms with Gasteiger partial charge in [0.25, 0.3) is 16.0 Å². The molecule has 0 aromatic heterocycles. The summed E-state index contributed by atoms with van der Waals surface area (Å²) < 4.78 is 34.2. The Hall–Kier alpha value is -4.28. The molecule has 35 heavy (non-hydrogen) atoms. The molecule has 0 heterocycles. The average molecular weight is 492 g/mol. The molecule has 4 rings (SSSR count). The highest BCUT2D eigenvalue weighted by Gasteiger charge is 2.37. The normalized spacial score (nSPS) is 12.5. The Bertz CT molecular complexity index is 1530. The van der Waals surface area contributed by atoms with Gasteiger partial charge in [-0.25, -0.2) is 0 Å². The molecule has 3 aromatic rings. The maximum absolute atomic E-state index is 13.6. The third-order valence-corrected chi connectivity index (χ3v) is 6.50. The highest BCUT2D eigenvalue weighted by atomic mass is 32.2. The molecule has 4 N–H and O–H groups in total. The zero-order valence-corrected chi connectivity index (χ0v) is 19.4. The van der Waals surface area contributed by atoms with Gasteiger partial charge in [0.05, 0.1) is 29.0 Å². The molecular formula is C25H21N3O6S. The summed E-state index contributed by atoms with van der Waals surface area (Å²) in [6.07, 6.45) is 0.999. The van der Waals surface area contributed by atoms with Crippen LogP contribution in [0.2, 0.25) is 0 Å². The van der Waals surface area contributed by atoms with E-state index in [1.807, 2.05) is 19.1 Å². The molecule has 10 heteroatoms. The summed E-state index contributed by atoms with van der Waals surface area (Å²) in [6, 6.07) is 14.3. The topological polar surface area (TPSA) is 147 Å². The number of aryl methyl sites for hydroxylation is 1. The number of nitrogens with two attached hydrogens (primary N) is 1. The molecule has 0 bridgehead atoms. The van der Waals surface area contributed by atoms with E-state index < -0.39 is 38.2 Å². The van der Waals surface area contributed by atoms with Gasteiger partial charge in [0.15, 0.2) is 11.6 Å². The Morgan fingerprint density at radius 3 is 2.26 bits per heavy atom. The Morgan fingerprint density at radius 2 is 1.69 bits per heavy atom. The van der Waals surface area contributed by atoms with Crippen LogP contribution in [0.15, 0.2) is 72.1 Å². The number of nitrogens with zero attached hydrogens (tertiary/aromatic N) is 1. The lowest BCUT2D eigenvalue weighted by atomic mass is 9.82. The third-order valence-electron chi connectivity index (χ3n) is 5.60. The molecule has 178 valence electrons. The van der Waals surface area contributed by atoms with E-state index in [4.69, 9.17) is 5.73 Å². The average Bonchev–Trinajstić information content (AvgIpc) is 2.81. The molecule has 0 aliphatic heterocycles. The first kappa shape index (κ1) is 23.9. The predicted octanol–water partition coefficient (Wildman–Crippen LogP) is 2.82. The molecule has 0 fully saturated rings. The Balaban J connectivity index is 2.03. The first-order valence-corrected chi connectivity index (χ1v) is 11.9. The van der Waals surface area contributed by atoms with Gasteiger partial charge in [-0.15, -0.1) is 0 Å². The van der Waals surface area contributed by atoms with Crippen LogP contribution in [0.1, 0.15) is 43.0 Å². The fourth-order valence-corrected chi connectivity index (χ4v) is 4.70. The number of nitrogens with one attached hydrogen (secondary N) is 1. The highest BCUT2D eigenvalue weighted by molar-refractivity contribution is 7.86. The number of hydrazine groups is 1. The summed E-state index contributed by atoms with van der Waals surface area (Å²) in [6.45, 7) is 5.29. The van der Waals surface area contributed by atoms with Crippen molar-refractivity contribution in [2.75, 3.05) is 10.7 Å². The first-order valence-electron chi connectivity index (χ1n) is 10.4. The van der Waals surface area contributed by atoms with Crippen molar-refractivity contribution in [2.45, 2.75) is 18.4 Å². The summed E-state index contributed by atoms with van der Waals surface area (Å²) in [5.41, 5.74) is 9.17. The van der Waals surface area contributed by atoms with Crippen molar-refractivity contribution in [3.8, 4) is 0 Å². The van der Waals surface area contributed by atoms with E-state index in [9.17, 15) is 27.4 Å². The minimum absolute atomic E-state index is 0.00828. The molecule has 0 unspecified atom stereocenters. The van der Waals surface area contributed by atoms with E-state index in [0.717, 1.165) is 17.7 Å². The van der Waals surface area contributed by atoms with Crippen LogP contribution in [0.25, 0.3) is 0 Å². The fourth-order valence-electron chi connectivity index (χ4n) is 4.06. The zero-order chi connectivity index (χ0) is 25.5. The van der Waals surface area contributed by atoms with Crippen molar-refractivity contribution in [3.63, 3.8) is 0 Å². The summed E-state index contributed by atoms with van der Waals surface area (Å²) in [7, 11) is -4.90. The van der Waals surface area contributed by atoms with Gasteiger partial charge in [-0.05, 0) is 24.6 Å². The van der Waals surface area contributed by atoms with Crippen molar-refractivity contribution in [1.29, 1.82) is 0 Å². The monoisotopic (exact) mass is 491 g/mol. The van der Waals surface area contributed by atoms with Gasteiger partial charge in [-0.1, -0.05) is 60.7 Å². The van der Waals surface area contributed by atoms with Crippen LogP contribution in [0.5, 0.6) is 0 Å². The number of ketones is 2. The summed E-state index contributed by atoms with van der Waals surface area (Å²) in [5.74, 6) is -1.91. The maximum Gasteiger partial charge on any atom is 0.296 e. The molecule has 0 saturated carbocycles. The number of carbonyl (C=O) groups is 3. The van der Waals surface area contributed by atoms with Crippen LogP contribution in [0.4, 0.5) is 11.4 Å². The molecule has 0 atom stereocenters. The standard InChI is InChI=1S/C25H21N3O6S/c1-3-20(29)27-28(13-15-8-6-7-14(2)11-15)18-12-19(35(32,33)34)23(26)22-21(18)24(30)16-9-4-5-10-17(16)25(22)31/h3-12H,1,13,26H2,2H3,(H,27,29)(H,32,33,34). The summed E-state index contributed by atoms with van der Waals surface area (Å²) in [4.78, 5) is 38.5. The van der Waals surface area contributed by atoms with E-state index in [1.54, 1.807) is 24.3 Å². The van der Waals surface area contributed by atoms with E-state index >= 15 is 0 Å². The van der Waals surface area contributed by atoms with Gasteiger partial charge in [-0.3, -0.25) is 29.4 Å². The number of nitrogen functional groups attached to an aromatic ring is 1. The van der Waals surface area contributed by atoms with E-state index in [0.29, 0.717) is 5.56 Å². The van der Waals surface area contributed by atoms with E-state index in [2.05, 4.69) is 12.0 Å². The minimum atomic E-state index is -4.90. The first-order chi connectivity index (χ1) is 16.5. The van der Waals surface area contributed by atoms with Crippen molar-refractivity contribution in [2.24, 2.45) is 0 Å². The number of fused-ring (bicyclic) bond motifs is 2. The number of carbonyl (C=O) groups excluding carboxylic acids is 3. The Kier molecular flexibility index (Phi) is 6.01. The van der Waals surface area contributed by atoms with Crippen molar-refractivity contribution in [1.82, 2.24) is 5.43 Å². The fraction of sp³-hybridized carbons (Fsp3) is 0.0800. The van der Waals surface area contributed by atoms with Crippen molar-refractivity contribution >= 4 is 39.0 Å². The smallest absolute Gasteiger partial charge is 0.296 e. The lowest BCUT2D eigenvalue weighted by molar-refractivity contribution is -0.116. The van der Waals surface area contributed by atoms with Gasteiger partial charge < -0.3 is 5.73 Å². The second kappa shape index (κ2) is 8.82. The second-order valence-electron chi connectivity index (χ2n) is 7.99. The van der Waals surface area contributed by atoms with Gasteiger partial charge >= 0.3 is 0 Å². The second-order valence-corrected chi connectivity index (χ2v) is 9.38. The van der Waals surface area contributed by atoms with Crippen LogP contribution in [-0.4, -0.2) is 30.4 Å². The largest absolute Gasteiger partial charge is 0.397 e. The van der Waals surface area contributed by atoms with Gasteiger partial charge in [0, 0.05) is 11.1 Å². The third kappa shape index (κ3) is 4.32. The van der Waals surface area contributed by atoms with E-state index in [-0.39, 0.29) is 34.5 Å². The predicted molar refractivity (Wildman–Crippen MR) is 130 cm³/mol. The SMILES string of the molecule is C=CC(=O)NN(Cc1cccc(C)c1)c1cc(S(=O)(=O)O)c(N)c2c1C(=O)c1ccccc1C2=O. The van der Waals surface area contributed by atoms with Crippen molar-refractivity contribution < 1.29 is 27.4 Å². The summed E-state index contributed by atoms with van der Waals surface area (Å²) in [5, 5.41) is 1.23. The number of anilines is 2. The van der Waals surface area contributed by atoms with E-state index in [1.165, 1.54) is 17.1 Å².